The summed E-state index contributed by atoms with van der Waals surface area (Å²) < 4.78 is 0. The zero-order chi connectivity index (χ0) is 7.98. The van der Waals surface area contributed by atoms with E-state index in [0.29, 0.717) is 6.42 Å². The van der Waals surface area contributed by atoms with Crippen molar-refractivity contribution in [3.63, 3.8) is 0 Å². The predicted molar refractivity (Wildman–Crippen MR) is 44.8 cm³/mol. The fraction of sp³-hybridized carbons (Fsp3) is 0.833. The Hall–Kier alpha value is -0.220. The minimum Gasteiger partial charge on any atom is -0.289 e. The molecule has 0 aromatic carbocycles. The van der Waals surface area contributed by atoms with Crippen molar-refractivity contribution in [3.05, 3.63) is 0 Å². The van der Waals surface area contributed by atoms with Crippen molar-refractivity contribution in [1.29, 1.82) is 0 Å². The lowest BCUT2D eigenvalue weighted by Crippen LogP contribution is -2.36. The fourth-order valence-corrected chi connectivity index (χ4v) is 0.890. The summed E-state index contributed by atoms with van der Waals surface area (Å²) in [6, 6.07) is 0. The highest BCUT2D eigenvalue weighted by Gasteiger charge is 1.98. The van der Waals surface area contributed by atoms with Gasteiger partial charge in [0.25, 0.3) is 0 Å². The summed E-state index contributed by atoms with van der Waals surface area (Å²) in [5, 5.41) is 1.66. The quantitative estimate of drug-likeness (QED) is 0.605. The smallest absolute Gasteiger partial charge is 0.235 e. The van der Waals surface area contributed by atoms with Gasteiger partial charge in [0.05, 0.1) is 0 Å². The molecule has 0 aromatic rings. The normalized spacial score (nSPS) is 10.0. The monoisotopic (exact) mass is 162 g/mol. The summed E-state index contributed by atoms with van der Waals surface area (Å²) in [6.45, 7) is 0. The predicted octanol–water partition coefficient (Wildman–Crippen LogP) is 0.332. The summed E-state index contributed by atoms with van der Waals surface area (Å²) in [5.41, 5.74) is 2.66. The maximum absolute atomic E-state index is 10.8. The van der Waals surface area contributed by atoms with Gasteiger partial charge in [-0.3, -0.25) is 10.2 Å². The molecule has 4 heteroatoms. The molecule has 0 atom stereocenters. The van der Waals surface area contributed by atoms with Crippen LogP contribution in [0.5, 0.6) is 0 Å². The first-order valence-electron chi connectivity index (χ1n) is 3.12. The number of amides is 1. The molecule has 3 nitrogen and oxygen atoms in total. The van der Waals surface area contributed by atoms with Gasteiger partial charge in [-0.2, -0.15) is 11.8 Å². The number of hydrogen-bond donors (Lipinski definition) is 1. The van der Waals surface area contributed by atoms with E-state index >= 15 is 0 Å². The Morgan fingerprint density at radius 1 is 1.60 bits per heavy atom. The summed E-state index contributed by atoms with van der Waals surface area (Å²) in [5.74, 6) is 0.971. The lowest BCUT2D eigenvalue weighted by atomic mass is 10.5. The number of rotatable bonds is 4. The highest BCUT2D eigenvalue weighted by molar-refractivity contribution is 7.98. The second-order valence-electron chi connectivity index (χ2n) is 2.17. The van der Waals surface area contributed by atoms with Crippen molar-refractivity contribution in [2.24, 2.45) is 0 Å². The molecule has 60 valence electrons. The van der Waals surface area contributed by atoms with E-state index in [1.165, 1.54) is 0 Å². The van der Waals surface area contributed by atoms with Crippen LogP contribution in [0.3, 0.4) is 0 Å². The van der Waals surface area contributed by atoms with E-state index in [2.05, 4.69) is 5.43 Å². The van der Waals surface area contributed by atoms with E-state index < -0.39 is 0 Å². The number of carbonyl (C=O) groups excluding carboxylic acids is 1. The van der Waals surface area contributed by atoms with Crippen molar-refractivity contribution in [1.82, 2.24) is 10.4 Å². The van der Waals surface area contributed by atoms with Gasteiger partial charge in [-0.25, -0.2) is 5.01 Å². The fourth-order valence-electron chi connectivity index (χ4n) is 0.500. The summed E-state index contributed by atoms with van der Waals surface area (Å²) in [7, 11) is 3.61. The number of carbonyl (C=O) groups is 1. The molecule has 0 aromatic heterocycles. The SMILES string of the molecule is CSCCC(=O)NN(C)C. The first kappa shape index (κ1) is 9.78. The van der Waals surface area contributed by atoms with Crippen molar-refractivity contribution < 1.29 is 4.79 Å². The first-order chi connectivity index (χ1) is 4.66. The number of hydrazine groups is 1. The van der Waals surface area contributed by atoms with Crippen molar-refractivity contribution >= 4 is 17.7 Å². The van der Waals surface area contributed by atoms with E-state index in [1.54, 1.807) is 30.9 Å². The molecule has 0 fully saturated rings. The molecule has 0 saturated heterocycles. The molecule has 0 aliphatic heterocycles. The lowest BCUT2D eigenvalue weighted by Gasteiger charge is -2.10. The Bertz CT molecular complexity index is 106. The number of hydrogen-bond acceptors (Lipinski definition) is 3. The van der Waals surface area contributed by atoms with Crippen LogP contribution in [-0.4, -0.2) is 37.0 Å². The van der Waals surface area contributed by atoms with Crippen LogP contribution in [-0.2, 0) is 4.79 Å². The van der Waals surface area contributed by atoms with Crippen molar-refractivity contribution in [2.45, 2.75) is 6.42 Å². The number of nitrogens with zero attached hydrogens (tertiary/aromatic N) is 1. The molecular weight excluding hydrogens is 148 g/mol. The van der Waals surface area contributed by atoms with E-state index in [9.17, 15) is 4.79 Å². The Morgan fingerprint density at radius 2 is 2.20 bits per heavy atom. The molecule has 1 N–H and O–H groups in total. The molecule has 0 aliphatic carbocycles. The minimum absolute atomic E-state index is 0.0827. The van der Waals surface area contributed by atoms with Crippen LogP contribution in [0.2, 0.25) is 0 Å². The molecule has 10 heavy (non-hydrogen) atoms. The largest absolute Gasteiger partial charge is 0.289 e. The number of thioether (sulfide) groups is 1. The van der Waals surface area contributed by atoms with Crippen LogP contribution < -0.4 is 5.43 Å². The molecule has 0 bridgehead atoms. The molecule has 0 spiro atoms. The molecule has 0 saturated carbocycles. The molecule has 0 rings (SSSR count). The van der Waals surface area contributed by atoms with E-state index in [-0.39, 0.29) is 5.91 Å². The highest BCUT2D eigenvalue weighted by atomic mass is 32.2. The van der Waals surface area contributed by atoms with E-state index in [1.807, 2.05) is 6.26 Å². The molecule has 0 radical (unpaired) electrons. The van der Waals surface area contributed by atoms with Gasteiger partial charge in [-0.15, -0.1) is 0 Å². The standard InChI is InChI=1S/C6H14N2OS/c1-8(2)7-6(9)4-5-10-3/h4-5H2,1-3H3,(H,7,9). The average Bonchev–Trinajstić information content (AvgIpc) is 1.82. The van der Waals surface area contributed by atoms with Crippen molar-refractivity contribution in [3.8, 4) is 0 Å². The molecule has 1 amide bonds. The zero-order valence-electron chi connectivity index (χ0n) is 6.68. The van der Waals surface area contributed by atoms with Gasteiger partial charge in [0.15, 0.2) is 0 Å². The Morgan fingerprint density at radius 3 is 2.60 bits per heavy atom. The molecular formula is C6H14N2OS. The number of nitrogens with one attached hydrogen (secondary N) is 1. The van der Waals surface area contributed by atoms with Crippen LogP contribution in [0.25, 0.3) is 0 Å². The Labute approximate surface area is 66.1 Å². The van der Waals surface area contributed by atoms with Crippen LogP contribution in [0, 0.1) is 0 Å². The molecule has 0 heterocycles. The topological polar surface area (TPSA) is 32.3 Å². The third-order valence-electron chi connectivity index (χ3n) is 0.882. The minimum atomic E-state index is 0.0827. The van der Waals surface area contributed by atoms with Crippen LogP contribution in [0.4, 0.5) is 0 Å². The van der Waals surface area contributed by atoms with Gasteiger partial charge < -0.3 is 0 Å². The Kier molecular flexibility index (Phi) is 5.43. The zero-order valence-corrected chi connectivity index (χ0v) is 7.49. The van der Waals surface area contributed by atoms with Crippen LogP contribution >= 0.6 is 11.8 Å². The summed E-state index contributed by atoms with van der Waals surface area (Å²) >= 11 is 1.68. The summed E-state index contributed by atoms with van der Waals surface area (Å²) in [6.07, 6.45) is 2.59. The highest BCUT2D eigenvalue weighted by Crippen LogP contribution is 1.94. The third-order valence-corrected chi connectivity index (χ3v) is 1.49. The molecule has 0 unspecified atom stereocenters. The second kappa shape index (κ2) is 5.56. The maximum Gasteiger partial charge on any atom is 0.235 e. The van der Waals surface area contributed by atoms with Gasteiger partial charge in [0, 0.05) is 26.3 Å². The van der Waals surface area contributed by atoms with Crippen LogP contribution in [0.1, 0.15) is 6.42 Å². The summed E-state index contributed by atoms with van der Waals surface area (Å²) in [4.78, 5) is 10.8. The van der Waals surface area contributed by atoms with Gasteiger partial charge in [0.1, 0.15) is 0 Å². The van der Waals surface area contributed by atoms with Gasteiger partial charge >= 0.3 is 0 Å². The van der Waals surface area contributed by atoms with E-state index in [4.69, 9.17) is 0 Å². The van der Waals surface area contributed by atoms with E-state index in [0.717, 1.165) is 5.75 Å². The average molecular weight is 162 g/mol. The Balaban J connectivity index is 3.26. The van der Waals surface area contributed by atoms with Crippen molar-refractivity contribution in [2.75, 3.05) is 26.1 Å². The third kappa shape index (κ3) is 5.91. The maximum atomic E-state index is 10.8. The first-order valence-corrected chi connectivity index (χ1v) is 4.52. The van der Waals surface area contributed by atoms with Crippen LogP contribution in [0.15, 0.2) is 0 Å². The molecule has 0 aliphatic rings. The van der Waals surface area contributed by atoms with Gasteiger partial charge in [0.2, 0.25) is 5.91 Å². The lowest BCUT2D eigenvalue weighted by molar-refractivity contribution is -0.124. The van der Waals surface area contributed by atoms with Gasteiger partial charge in [-0.05, 0) is 6.26 Å². The van der Waals surface area contributed by atoms with Gasteiger partial charge in [-0.1, -0.05) is 0 Å². The second-order valence-corrected chi connectivity index (χ2v) is 3.16.